The minimum Gasteiger partial charge on any atom is -0.342 e. The van der Waals surface area contributed by atoms with Crippen LogP contribution >= 0.6 is 0 Å². The van der Waals surface area contributed by atoms with E-state index in [0.29, 0.717) is 38.0 Å². The van der Waals surface area contributed by atoms with E-state index in [1.165, 1.54) is 10.6 Å². The van der Waals surface area contributed by atoms with E-state index in [-0.39, 0.29) is 17.7 Å². The monoisotopic (exact) mass is 393 g/mol. The molecule has 2 aliphatic rings. The first-order valence-electron chi connectivity index (χ1n) is 9.45. The van der Waals surface area contributed by atoms with E-state index in [1.807, 2.05) is 29.2 Å². The molecule has 0 aromatic heterocycles. The van der Waals surface area contributed by atoms with Crippen LogP contribution in [0.1, 0.15) is 31.2 Å². The fourth-order valence-corrected chi connectivity index (χ4v) is 4.53. The summed E-state index contributed by atoms with van der Waals surface area (Å²) < 4.78 is 24.5. The molecule has 0 bridgehead atoms. The molecule has 0 saturated carbocycles. The van der Waals surface area contributed by atoms with Gasteiger partial charge >= 0.3 is 0 Å². The van der Waals surface area contributed by atoms with Crippen LogP contribution in [0.15, 0.2) is 24.3 Å². The highest BCUT2D eigenvalue weighted by Gasteiger charge is 2.29. The molecule has 8 heteroatoms. The van der Waals surface area contributed by atoms with Crippen molar-refractivity contribution >= 4 is 27.5 Å². The van der Waals surface area contributed by atoms with Crippen molar-refractivity contribution in [2.45, 2.75) is 32.1 Å². The van der Waals surface area contributed by atoms with Crippen molar-refractivity contribution in [1.82, 2.24) is 9.21 Å². The average molecular weight is 394 g/mol. The maximum atomic E-state index is 12.4. The van der Waals surface area contributed by atoms with Crippen LogP contribution in [0, 0.1) is 5.92 Å². The van der Waals surface area contributed by atoms with E-state index >= 15 is 0 Å². The maximum Gasteiger partial charge on any atom is 0.227 e. The number of carbonyl (C=O) groups excluding carboxylic acids is 2. The third kappa shape index (κ3) is 5.29. The summed E-state index contributed by atoms with van der Waals surface area (Å²) in [6.07, 6.45) is 4.81. The minimum atomic E-state index is -3.18. The fraction of sp³-hybridized carbons (Fsp3) is 0.579. The van der Waals surface area contributed by atoms with Crippen molar-refractivity contribution in [3.05, 3.63) is 29.8 Å². The number of nitrogens with zero attached hydrogens (tertiary/aromatic N) is 2. The maximum absolute atomic E-state index is 12.4. The Morgan fingerprint density at radius 3 is 2.19 bits per heavy atom. The lowest BCUT2D eigenvalue weighted by Crippen LogP contribution is -2.40. The number of sulfonamides is 1. The molecule has 27 heavy (non-hydrogen) atoms. The first-order valence-corrected chi connectivity index (χ1v) is 11.3. The van der Waals surface area contributed by atoms with E-state index in [2.05, 4.69) is 5.32 Å². The van der Waals surface area contributed by atoms with Gasteiger partial charge in [-0.3, -0.25) is 9.59 Å². The van der Waals surface area contributed by atoms with Gasteiger partial charge < -0.3 is 10.2 Å². The van der Waals surface area contributed by atoms with Crippen LogP contribution in [0.5, 0.6) is 0 Å². The predicted octanol–water partition coefficient (Wildman–Crippen LogP) is 1.46. The summed E-state index contributed by atoms with van der Waals surface area (Å²) >= 11 is 0. The summed E-state index contributed by atoms with van der Waals surface area (Å²) in [6, 6.07) is 7.37. The molecule has 7 nitrogen and oxygen atoms in total. The molecule has 1 N–H and O–H groups in total. The number of likely N-dealkylation sites (tertiary alicyclic amines) is 1. The number of nitrogens with one attached hydrogen (secondary N) is 1. The second-order valence-electron chi connectivity index (χ2n) is 7.39. The van der Waals surface area contributed by atoms with Gasteiger partial charge in [0.05, 0.1) is 12.7 Å². The van der Waals surface area contributed by atoms with Gasteiger partial charge in [0.15, 0.2) is 0 Å². The van der Waals surface area contributed by atoms with Crippen LogP contribution < -0.4 is 5.32 Å². The molecule has 148 valence electrons. The van der Waals surface area contributed by atoms with E-state index < -0.39 is 10.0 Å². The first kappa shape index (κ1) is 19.8. The van der Waals surface area contributed by atoms with Gasteiger partial charge in [-0.15, -0.1) is 0 Å². The molecule has 2 amide bonds. The lowest BCUT2D eigenvalue weighted by atomic mass is 9.97. The summed E-state index contributed by atoms with van der Waals surface area (Å²) in [5.74, 6) is -0.106. The highest BCUT2D eigenvalue weighted by Crippen LogP contribution is 2.21. The SMILES string of the molecule is CS(=O)(=O)N1CCC(C(=O)Nc2ccc(CC(=O)N3CCCC3)cc2)CC1. The van der Waals surface area contributed by atoms with Crippen LogP contribution in [0.3, 0.4) is 0 Å². The molecular formula is C19H27N3O4S. The Bertz CT molecular complexity index is 778. The van der Waals surface area contributed by atoms with Crippen LogP contribution in [0.4, 0.5) is 5.69 Å². The molecule has 0 unspecified atom stereocenters. The molecule has 1 aromatic carbocycles. The number of amides is 2. The second kappa shape index (κ2) is 8.39. The zero-order valence-electron chi connectivity index (χ0n) is 15.7. The third-order valence-corrected chi connectivity index (χ3v) is 6.63. The zero-order valence-corrected chi connectivity index (χ0v) is 16.5. The average Bonchev–Trinajstić information content (AvgIpc) is 3.17. The lowest BCUT2D eigenvalue weighted by Gasteiger charge is -2.29. The van der Waals surface area contributed by atoms with Gasteiger partial charge in [0.25, 0.3) is 0 Å². The first-order chi connectivity index (χ1) is 12.8. The summed E-state index contributed by atoms with van der Waals surface area (Å²) in [5.41, 5.74) is 1.63. The van der Waals surface area contributed by atoms with Crippen molar-refractivity contribution in [3.8, 4) is 0 Å². The molecule has 2 aliphatic heterocycles. The van der Waals surface area contributed by atoms with Crippen LogP contribution in [-0.2, 0) is 26.0 Å². The molecule has 0 radical (unpaired) electrons. The van der Waals surface area contributed by atoms with E-state index in [1.54, 1.807) is 0 Å². The predicted molar refractivity (Wildman–Crippen MR) is 104 cm³/mol. The van der Waals surface area contributed by atoms with Gasteiger partial charge in [0.1, 0.15) is 0 Å². The molecule has 2 heterocycles. The summed E-state index contributed by atoms with van der Waals surface area (Å²) in [5, 5.41) is 2.90. The van der Waals surface area contributed by atoms with Crippen LogP contribution in [0.2, 0.25) is 0 Å². The molecule has 0 spiro atoms. The Hall–Kier alpha value is -1.93. The van der Waals surface area contributed by atoms with E-state index in [4.69, 9.17) is 0 Å². The summed E-state index contributed by atoms with van der Waals surface area (Å²) in [7, 11) is -3.18. The fourth-order valence-electron chi connectivity index (χ4n) is 3.65. The Balaban J connectivity index is 1.49. The van der Waals surface area contributed by atoms with Crippen molar-refractivity contribution in [2.24, 2.45) is 5.92 Å². The van der Waals surface area contributed by atoms with Gasteiger partial charge in [-0.05, 0) is 43.4 Å². The minimum absolute atomic E-state index is 0.0796. The highest BCUT2D eigenvalue weighted by molar-refractivity contribution is 7.88. The Morgan fingerprint density at radius 2 is 1.63 bits per heavy atom. The van der Waals surface area contributed by atoms with Crippen molar-refractivity contribution in [3.63, 3.8) is 0 Å². The number of piperidine rings is 1. The van der Waals surface area contributed by atoms with E-state index in [0.717, 1.165) is 31.5 Å². The normalized spacial score (nSPS) is 19.2. The quantitative estimate of drug-likeness (QED) is 0.821. The van der Waals surface area contributed by atoms with Crippen LogP contribution in [0.25, 0.3) is 0 Å². The largest absolute Gasteiger partial charge is 0.342 e. The van der Waals surface area contributed by atoms with Gasteiger partial charge in [-0.2, -0.15) is 0 Å². The summed E-state index contributed by atoms with van der Waals surface area (Å²) in [4.78, 5) is 26.5. The number of hydrogen-bond donors (Lipinski definition) is 1. The van der Waals surface area contributed by atoms with Crippen LogP contribution in [-0.4, -0.2) is 61.9 Å². The Morgan fingerprint density at radius 1 is 1.04 bits per heavy atom. The lowest BCUT2D eigenvalue weighted by molar-refractivity contribution is -0.129. The van der Waals surface area contributed by atoms with Gasteiger partial charge in [0, 0.05) is 37.8 Å². The zero-order chi connectivity index (χ0) is 19.4. The molecule has 0 atom stereocenters. The summed E-state index contributed by atoms with van der Waals surface area (Å²) in [6.45, 7) is 2.47. The highest BCUT2D eigenvalue weighted by atomic mass is 32.2. The molecule has 0 aliphatic carbocycles. The number of rotatable bonds is 5. The molecule has 2 saturated heterocycles. The van der Waals surface area contributed by atoms with Gasteiger partial charge in [0.2, 0.25) is 21.8 Å². The number of benzene rings is 1. The molecule has 1 aromatic rings. The van der Waals surface area contributed by atoms with Gasteiger partial charge in [-0.25, -0.2) is 12.7 Å². The molecule has 3 rings (SSSR count). The topological polar surface area (TPSA) is 86.8 Å². The van der Waals surface area contributed by atoms with Crippen molar-refractivity contribution in [1.29, 1.82) is 0 Å². The van der Waals surface area contributed by atoms with E-state index in [9.17, 15) is 18.0 Å². The Labute approximate surface area is 160 Å². The molecular weight excluding hydrogens is 366 g/mol. The standard InChI is InChI=1S/C19H27N3O4S/c1-27(25,26)22-12-8-16(9-13-22)19(24)20-17-6-4-15(5-7-17)14-18(23)21-10-2-3-11-21/h4-7,16H,2-3,8-14H2,1H3,(H,20,24). The Kier molecular flexibility index (Phi) is 6.16. The van der Waals surface area contributed by atoms with Crippen molar-refractivity contribution in [2.75, 3.05) is 37.8 Å². The number of carbonyl (C=O) groups is 2. The van der Waals surface area contributed by atoms with Gasteiger partial charge in [-0.1, -0.05) is 12.1 Å². The smallest absolute Gasteiger partial charge is 0.227 e. The number of anilines is 1. The third-order valence-electron chi connectivity index (χ3n) is 5.33. The second-order valence-corrected chi connectivity index (χ2v) is 9.37. The molecule has 2 fully saturated rings. The van der Waals surface area contributed by atoms with Crippen molar-refractivity contribution < 1.29 is 18.0 Å². The number of hydrogen-bond acceptors (Lipinski definition) is 4.